The van der Waals surface area contributed by atoms with Gasteiger partial charge in [0.1, 0.15) is 16.9 Å². The minimum absolute atomic E-state index is 0.157. The van der Waals surface area contributed by atoms with Crippen molar-refractivity contribution < 1.29 is 24.5 Å². The molecule has 0 aliphatic rings. The number of carboxylic acid groups (broad SMARTS) is 2. The van der Waals surface area contributed by atoms with Crippen molar-refractivity contribution in [3.63, 3.8) is 0 Å². The lowest BCUT2D eigenvalue weighted by molar-refractivity contribution is 0.0695. The zero-order valence-corrected chi connectivity index (χ0v) is 14.9. The Kier molecular flexibility index (Phi) is 6.73. The van der Waals surface area contributed by atoms with Crippen LogP contribution >= 0.6 is 0 Å². The van der Waals surface area contributed by atoms with Crippen molar-refractivity contribution in [2.24, 2.45) is 0 Å². The number of pyridine rings is 1. The quantitative estimate of drug-likeness (QED) is 0.494. The summed E-state index contributed by atoms with van der Waals surface area (Å²) in [6.07, 6.45) is 2.96. The molecule has 0 atom stereocenters. The van der Waals surface area contributed by atoms with Crippen LogP contribution in [0.4, 0.5) is 5.82 Å². The molecule has 1 aromatic carbocycles. The van der Waals surface area contributed by atoms with E-state index in [1.165, 1.54) is 0 Å². The number of rotatable bonds is 9. The van der Waals surface area contributed by atoms with Crippen molar-refractivity contribution in [3.8, 4) is 11.1 Å². The number of nitrogens with two attached hydrogens (primary N) is 1. The zero-order valence-electron chi connectivity index (χ0n) is 14.9. The Morgan fingerprint density at radius 1 is 1.11 bits per heavy atom. The van der Waals surface area contributed by atoms with E-state index in [1.807, 2.05) is 0 Å². The normalized spacial score (nSPS) is 10.7. The van der Waals surface area contributed by atoms with E-state index in [9.17, 15) is 24.6 Å². The molecule has 0 radical (unpaired) electrons. The summed E-state index contributed by atoms with van der Waals surface area (Å²) in [6.45, 7) is 2.76. The Labute approximate surface area is 155 Å². The van der Waals surface area contributed by atoms with Gasteiger partial charge in [-0.2, -0.15) is 0 Å². The summed E-state index contributed by atoms with van der Waals surface area (Å²) in [5, 5.41) is 19.0. The number of benzene rings is 1. The van der Waals surface area contributed by atoms with Gasteiger partial charge < -0.3 is 25.7 Å². The minimum Gasteiger partial charge on any atom is -0.478 e. The first-order chi connectivity index (χ1) is 12.9. The second-order valence-electron chi connectivity index (χ2n) is 6.02. The first-order valence-corrected chi connectivity index (χ1v) is 8.56. The van der Waals surface area contributed by atoms with E-state index in [4.69, 9.17) is 10.5 Å². The molecule has 5 N–H and O–H groups in total. The molecular weight excluding hydrogens is 352 g/mol. The lowest BCUT2D eigenvalue weighted by Crippen LogP contribution is -2.24. The Morgan fingerprint density at radius 3 is 2.41 bits per heavy atom. The molecule has 0 amide bonds. The number of ether oxygens (including phenoxy) is 1. The third kappa shape index (κ3) is 4.53. The molecule has 144 valence electrons. The molecule has 1 aromatic heterocycles. The number of nitrogen functional groups attached to an aromatic ring is 1. The maximum Gasteiger partial charge on any atom is 0.342 e. The SMILES string of the molecule is CCCCCOCc1ccccc1-c1c(C(=O)O)c(N)[nH]c(=O)c1C(=O)O. The van der Waals surface area contributed by atoms with Crippen LogP contribution in [0.25, 0.3) is 11.1 Å². The van der Waals surface area contributed by atoms with Crippen LogP contribution in [0.3, 0.4) is 0 Å². The molecule has 0 aliphatic carbocycles. The van der Waals surface area contributed by atoms with Crippen LogP contribution in [0.1, 0.15) is 52.5 Å². The second-order valence-corrected chi connectivity index (χ2v) is 6.02. The summed E-state index contributed by atoms with van der Waals surface area (Å²) < 4.78 is 5.63. The van der Waals surface area contributed by atoms with Crippen LogP contribution in [-0.4, -0.2) is 33.7 Å². The summed E-state index contributed by atoms with van der Waals surface area (Å²) in [5.41, 5.74) is 4.24. The fraction of sp³-hybridized carbons (Fsp3) is 0.316. The van der Waals surface area contributed by atoms with Gasteiger partial charge in [0, 0.05) is 12.2 Å². The highest BCUT2D eigenvalue weighted by Gasteiger charge is 2.27. The maximum absolute atomic E-state index is 12.2. The molecule has 0 bridgehead atoms. The largest absolute Gasteiger partial charge is 0.478 e. The molecule has 0 spiro atoms. The molecule has 2 rings (SSSR count). The number of hydrogen-bond acceptors (Lipinski definition) is 5. The number of hydrogen-bond donors (Lipinski definition) is 4. The molecule has 2 aromatic rings. The van der Waals surface area contributed by atoms with Crippen LogP contribution in [0, 0.1) is 0 Å². The predicted molar refractivity (Wildman–Crippen MR) is 100 cm³/mol. The number of aromatic carboxylic acids is 2. The van der Waals surface area contributed by atoms with Gasteiger partial charge in [-0.05, 0) is 17.5 Å². The highest BCUT2D eigenvalue weighted by atomic mass is 16.5. The van der Waals surface area contributed by atoms with Crippen LogP contribution in [-0.2, 0) is 11.3 Å². The molecule has 1 heterocycles. The van der Waals surface area contributed by atoms with Gasteiger partial charge in [0.25, 0.3) is 5.56 Å². The van der Waals surface area contributed by atoms with Crippen molar-refractivity contribution in [2.45, 2.75) is 32.8 Å². The fourth-order valence-corrected chi connectivity index (χ4v) is 2.84. The van der Waals surface area contributed by atoms with Gasteiger partial charge >= 0.3 is 11.9 Å². The molecule has 0 saturated heterocycles. The van der Waals surface area contributed by atoms with E-state index >= 15 is 0 Å². The summed E-state index contributed by atoms with van der Waals surface area (Å²) in [4.78, 5) is 37.6. The number of unbranched alkanes of at least 4 members (excludes halogenated alkanes) is 2. The first-order valence-electron chi connectivity index (χ1n) is 8.56. The van der Waals surface area contributed by atoms with Gasteiger partial charge in [0.2, 0.25) is 0 Å². The molecule has 0 aliphatic heterocycles. The fourth-order valence-electron chi connectivity index (χ4n) is 2.84. The summed E-state index contributed by atoms with van der Waals surface area (Å²) in [5.74, 6) is -3.36. The molecule has 0 unspecified atom stereocenters. The number of aromatic nitrogens is 1. The van der Waals surface area contributed by atoms with Gasteiger partial charge in [-0.25, -0.2) is 9.59 Å². The van der Waals surface area contributed by atoms with Crippen molar-refractivity contribution in [1.82, 2.24) is 4.98 Å². The molecule has 8 heteroatoms. The Balaban J connectivity index is 2.59. The van der Waals surface area contributed by atoms with E-state index < -0.39 is 34.4 Å². The van der Waals surface area contributed by atoms with Crippen LogP contribution in [0.15, 0.2) is 29.1 Å². The monoisotopic (exact) mass is 374 g/mol. The molecular formula is C19H22N2O6. The maximum atomic E-state index is 12.2. The van der Waals surface area contributed by atoms with E-state index in [0.29, 0.717) is 17.7 Å². The van der Waals surface area contributed by atoms with Crippen LogP contribution in [0.2, 0.25) is 0 Å². The second kappa shape index (κ2) is 9.00. The molecule has 8 nitrogen and oxygen atoms in total. The minimum atomic E-state index is -1.53. The number of H-pyrrole nitrogens is 1. The summed E-state index contributed by atoms with van der Waals surface area (Å²) >= 11 is 0. The van der Waals surface area contributed by atoms with Crippen LogP contribution < -0.4 is 11.3 Å². The number of carbonyl (C=O) groups is 2. The van der Waals surface area contributed by atoms with Gasteiger partial charge in [0.15, 0.2) is 0 Å². The van der Waals surface area contributed by atoms with Gasteiger partial charge in [-0.1, -0.05) is 44.0 Å². The van der Waals surface area contributed by atoms with Crippen LogP contribution in [0.5, 0.6) is 0 Å². The van der Waals surface area contributed by atoms with Crippen molar-refractivity contribution in [2.75, 3.05) is 12.3 Å². The average molecular weight is 374 g/mol. The molecule has 0 fully saturated rings. The Hall–Kier alpha value is -3.13. The highest BCUT2D eigenvalue weighted by Crippen LogP contribution is 2.32. The first kappa shape index (κ1) is 20.2. The Bertz CT molecular complexity index is 904. The van der Waals surface area contributed by atoms with Crippen molar-refractivity contribution in [1.29, 1.82) is 0 Å². The molecule has 0 saturated carbocycles. The smallest absolute Gasteiger partial charge is 0.342 e. The highest BCUT2D eigenvalue weighted by molar-refractivity contribution is 6.07. The van der Waals surface area contributed by atoms with Gasteiger partial charge in [0.05, 0.1) is 6.61 Å². The Morgan fingerprint density at radius 2 is 1.78 bits per heavy atom. The molecule has 27 heavy (non-hydrogen) atoms. The standard InChI is InChI=1S/C19H22N2O6/c1-2-3-6-9-27-10-11-7-4-5-8-12(11)13-14(18(23)24)16(20)21-17(22)15(13)19(25)26/h4-5,7-8H,2-3,6,9-10H2,1H3,(H,23,24)(H,25,26)(H3,20,21,22). The average Bonchev–Trinajstić information content (AvgIpc) is 2.60. The summed E-state index contributed by atoms with van der Waals surface area (Å²) in [6, 6.07) is 6.61. The number of nitrogens with one attached hydrogen (secondary N) is 1. The topological polar surface area (TPSA) is 143 Å². The van der Waals surface area contributed by atoms with E-state index in [0.717, 1.165) is 19.3 Å². The van der Waals surface area contributed by atoms with E-state index in [1.54, 1.807) is 24.3 Å². The lowest BCUT2D eigenvalue weighted by Gasteiger charge is -2.15. The van der Waals surface area contributed by atoms with E-state index in [2.05, 4.69) is 11.9 Å². The number of carboxylic acids is 2. The van der Waals surface area contributed by atoms with E-state index in [-0.39, 0.29) is 12.2 Å². The van der Waals surface area contributed by atoms with Gasteiger partial charge in [-0.15, -0.1) is 0 Å². The number of aromatic amines is 1. The number of anilines is 1. The third-order valence-electron chi connectivity index (χ3n) is 4.11. The summed E-state index contributed by atoms with van der Waals surface area (Å²) in [7, 11) is 0. The van der Waals surface area contributed by atoms with Crippen molar-refractivity contribution in [3.05, 3.63) is 51.3 Å². The third-order valence-corrected chi connectivity index (χ3v) is 4.11. The lowest BCUT2D eigenvalue weighted by atomic mass is 9.92. The predicted octanol–water partition coefficient (Wildman–Crippen LogP) is 2.73. The van der Waals surface area contributed by atoms with Crippen molar-refractivity contribution >= 4 is 17.8 Å². The van der Waals surface area contributed by atoms with Gasteiger partial charge in [-0.3, -0.25) is 4.79 Å². The zero-order chi connectivity index (χ0) is 20.0.